The zero-order valence-corrected chi connectivity index (χ0v) is 8.73. The van der Waals surface area contributed by atoms with Crippen LogP contribution in [-0.4, -0.2) is 12.5 Å². The van der Waals surface area contributed by atoms with E-state index in [4.69, 9.17) is 5.73 Å². The summed E-state index contributed by atoms with van der Waals surface area (Å²) in [5.41, 5.74) is 5.81. The largest absolute Gasteiger partial charge is 0.330 e. The van der Waals surface area contributed by atoms with Gasteiger partial charge in [-0.2, -0.15) is 0 Å². The second-order valence-electron chi connectivity index (χ2n) is 5.23. The lowest BCUT2D eigenvalue weighted by atomic mass is 9.74. The molecule has 2 rings (SSSR count). The average Bonchev–Trinajstić information content (AvgIpc) is 2.55. The summed E-state index contributed by atoms with van der Waals surface area (Å²) in [6.45, 7) is 2.75. The van der Waals surface area contributed by atoms with Crippen molar-refractivity contribution in [2.45, 2.75) is 45.0 Å². The summed E-state index contributed by atoms with van der Waals surface area (Å²) in [6, 6.07) is 0. The second-order valence-corrected chi connectivity index (χ2v) is 5.23. The number of hydrogen-bond donors (Lipinski definition) is 1. The SMILES string of the molecule is CC1CCCC1(CN)CC1CC1(F)F. The van der Waals surface area contributed by atoms with Gasteiger partial charge in [-0.3, -0.25) is 0 Å². The van der Waals surface area contributed by atoms with Crippen molar-refractivity contribution in [3.63, 3.8) is 0 Å². The summed E-state index contributed by atoms with van der Waals surface area (Å²) in [5, 5.41) is 0. The number of halogens is 2. The maximum Gasteiger partial charge on any atom is 0.251 e. The molecular weight excluding hydrogens is 184 g/mol. The second kappa shape index (κ2) is 3.16. The minimum absolute atomic E-state index is 0.0323. The van der Waals surface area contributed by atoms with E-state index >= 15 is 0 Å². The van der Waals surface area contributed by atoms with Crippen LogP contribution in [0.3, 0.4) is 0 Å². The monoisotopic (exact) mass is 203 g/mol. The molecule has 0 saturated heterocycles. The van der Waals surface area contributed by atoms with E-state index in [2.05, 4.69) is 6.92 Å². The molecule has 14 heavy (non-hydrogen) atoms. The highest BCUT2D eigenvalue weighted by molar-refractivity contribution is 5.02. The van der Waals surface area contributed by atoms with E-state index in [9.17, 15) is 8.78 Å². The molecule has 0 spiro atoms. The van der Waals surface area contributed by atoms with E-state index in [0.29, 0.717) is 18.9 Å². The van der Waals surface area contributed by atoms with Crippen LogP contribution in [0.25, 0.3) is 0 Å². The van der Waals surface area contributed by atoms with E-state index in [-0.39, 0.29) is 17.8 Å². The Hall–Kier alpha value is -0.180. The van der Waals surface area contributed by atoms with Crippen LogP contribution in [0.15, 0.2) is 0 Å². The van der Waals surface area contributed by atoms with Gasteiger partial charge in [-0.15, -0.1) is 0 Å². The lowest BCUT2D eigenvalue weighted by Crippen LogP contribution is -2.34. The Balaban J connectivity index is 2.00. The van der Waals surface area contributed by atoms with Crippen LogP contribution in [0.5, 0.6) is 0 Å². The van der Waals surface area contributed by atoms with Gasteiger partial charge in [0.2, 0.25) is 0 Å². The molecule has 3 unspecified atom stereocenters. The molecule has 0 aromatic rings. The molecule has 0 aromatic heterocycles. The number of alkyl halides is 2. The first-order chi connectivity index (χ1) is 6.50. The summed E-state index contributed by atoms with van der Waals surface area (Å²) in [6.07, 6.45) is 4.13. The quantitative estimate of drug-likeness (QED) is 0.750. The third kappa shape index (κ3) is 1.56. The smallest absolute Gasteiger partial charge is 0.251 e. The molecule has 3 heteroatoms. The molecule has 2 N–H and O–H groups in total. The van der Waals surface area contributed by atoms with Gasteiger partial charge in [-0.25, -0.2) is 8.78 Å². The van der Waals surface area contributed by atoms with E-state index in [0.717, 1.165) is 19.3 Å². The summed E-state index contributed by atoms with van der Waals surface area (Å²) in [7, 11) is 0. The summed E-state index contributed by atoms with van der Waals surface area (Å²) >= 11 is 0. The van der Waals surface area contributed by atoms with E-state index in [1.165, 1.54) is 0 Å². The first-order valence-electron chi connectivity index (χ1n) is 5.58. The van der Waals surface area contributed by atoms with Gasteiger partial charge >= 0.3 is 0 Å². The Kier molecular flexibility index (Phi) is 2.33. The average molecular weight is 203 g/mol. The van der Waals surface area contributed by atoms with E-state index in [1.54, 1.807) is 0 Å². The zero-order valence-electron chi connectivity index (χ0n) is 8.73. The molecular formula is C11H19F2N. The molecule has 0 bridgehead atoms. The lowest BCUT2D eigenvalue weighted by Gasteiger charge is -2.32. The topological polar surface area (TPSA) is 26.0 Å². The molecule has 0 radical (unpaired) electrons. The normalized spacial score (nSPS) is 45.4. The van der Waals surface area contributed by atoms with E-state index < -0.39 is 5.92 Å². The van der Waals surface area contributed by atoms with Gasteiger partial charge in [-0.1, -0.05) is 19.8 Å². The Labute approximate surface area is 84.0 Å². The third-order valence-corrected chi connectivity index (χ3v) is 4.37. The summed E-state index contributed by atoms with van der Waals surface area (Å²) < 4.78 is 25.7. The molecule has 3 atom stereocenters. The molecule has 2 aliphatic rings. The Bertz CT molecular complexity index is 229. The summed E-state index contributed by atoms with van der Waals surface area (Å²) in [4.78, 5) is 0. The van der Waals surface area contributed by atoms with Crippen molar-refractivity contribution in [1.82, 2.24) is 0 Å². The molecule has 0 aliphatic heterocycles. The van der Waals surface area contributed by atoms with Gasteiger partial charge in [0.15, 0.2) is 0 Å². The van der Waals surface area contributed by atoms with Gasteiger partial charge in [0.25, 0.3) is 5.92 Å². The van der Waals surface area contributed by atoms with Crippen LogP contribution >= 0.6 is 0 Å². The van der Waals surface area contributed by atoms with Crippen molar-refractivity contribution < 1.29 is 8.78 Å². The maximum absolute atomic E-state index is 12.8. The Morgan fingerprint density at radius 1 is 1.43 bits per heavy atom. The fraction of sp³-hybridized carbons (Fsp3) is 1.00. The highest BCUT2D eigenvalue weighted by Gasteiger charge is 2.59. The molecule has 1 nitrogen and oxygen atoms in total. The van der Waals surface area contributed by atoms with Crippen LogP contribution < -0.4 is 5.73 Å². The molecule has 0 amide bonds. The van der Waals surface area contributed by atoms with Crippen molar-refractivity contribution in [3.8, 4) is 0 Å². The van der Waals surface area contributed by atoms with Crippen molar-refractivity contribution >= 4 is 0 Å². The Morgan fingerprint density at radius 2 is 2.07 bits per heavy atom. The van der Waals surface area contributed by atoms with Gasteiger partial charge in [0.1, 0.15) is 0 Å². The zero-order chi connectivity index (χ0) is 10.4. The van der Waals surface area contributed by atoms with Crippen LogP contribution in [0.4, 0.5) is 8.78 Å². The van der Waals surface area contributed by atoms with Crippen molar-refractivity contribution in [1.29, 1.82) is 0 Å². The minimum atomic E-state index is -2.37. The third-order valence-electron chi connectivity index (χ3n) is 4.37. The Morgan fingerprint density at radius 3 is 2.43 bits per heavy atom. The highest BCUT2D eigenvalue weighted by Crippen LogP contribution is 2.58. The molecule has 2 fully saturated rings. The maximum atomic E-state index is 12.8. The van der Waals surface area contributed by atoms with Gasteiger partial charge in [-0.05, 0) is 30.7 Å². The van der Waals surface area contributed by atoms with Crippen molar-refractivity contribution in [2.24, 2.45) is 23.0 Å². The number of nitrogens with two attached hydrogens (primary N) is 1. The van der Waals surface area contributed by atoms with Crippen LogP contribution in [-0.2, 0) is 0 Å². The molecule has 2 saturated carbocycles. The lowest BCUT2D eigenvalue weighted by molar-refractivity contribution is 0.0767. The van der Waals surface area contributed by atoms with Crippen molar-refractivity contribution in [2.75, 3.05) is 6.54 Å². The van der Waals surface area contributed by atoms with Crippen LogP contribution in [0.1, 0.15) is 39.0 Å². The first kappa shape index (κ1) is 10.3. The van der Waals surface area contributed by atoms with Gasteiger partial charge in [0, 0.05) is 12.3 Å². The summed E-state index contributed by atoms with van der Waals surface area (Å²) in [5.74, 6) is -2.21. The standard InChI is InChI=1S/C11H19F2N/c1-8-3-2-4-10(8,7-14)5-9-6-11(9,12)13/h8-9H,2-7,14H2,1H3. The van der Waals surface area contributed by atoms with E-state index in [1.807, 2.05) is 0 Å². The number of rotatable bonds is 3. The molecule has 82 valence electrons. The fourth-order valence-corrected chi connectivity index (χ4v) is 2.98. The molecule has 0 aromatic carbocycles. The predicted octanol–water partition coefficient (Wildman–Crippen LogP) is 2.80. The number of hydrogen-bond acceptors (Lipinski definition) is 1. The van der Waals surface area contributed by atoms with Gasteiger partial charge < -0.3 is 5.73 Å². The minimum Gasteiger partial charge on any atom is -0.330 e. The highest BCUT2D eigenvalue weighted by atomic mass is 19.3. The predicted molar refractivity (Wildman–Crippen MR) is 52.2 cm³/mol. The van der Waals surface area contributed by atoms with Crippen LogP contribution in [0.2, 0.25) is 0 Å². The van der Waals surface area contributed by atoms with Crippen molar-refractivity contribution in [3.05, 3.63) is 0 Å². The van der Waals surface area contributed by atoms with Crippen LogP contribution in [0, 0.1) is 17.3 Å². The first-order valence-corrected chi connectivity index (χ1v) is 5.58. The molecule has 2 aliphatic carbocycles. The fourth-order valence-electron chi connectivity index (χ4n) is 2.98. The van der Waals surface area contributed by atoms with Gasteiger partial charge in [0.05, 0.1) is 0 Å². The molecule has 0 heterocycles.